The third kappa shape index (κ3) is 5.24. The summed E-state index contributed by atoms with van der Waals surface area (Å²) in [7, 11) is 0. The molecule has 2 aromatic carbocycles. The summed E-state index contributed by atoms with van der Waals surface area (Å²) in [6.07, 6.45) is 3.08. The Morgan fingerprint density at radius 2 is 1.79 bits per heavy atom. The van der Waals surface area contributed by atoms with E-state index in [1.165, 1.54) is 10.9 Å². The lowest BCUT2D eigenvalue weighted by Crippen LogP contribution is -2.59. The van der Waals surface area contributed by atoms with Crippen molar-refractivity contribution in [1.29, 1.82) is 5.26 Å². The standard InChI is InChI=1S/C31H32N8O4/c1-31(2,37-17-23(40)18-37)14-20(15-32)29(41)36-13-12-22(16-36)39-28-26(27(33)34-19-35-28)38(30(39)42)21-8-10-25(11-9-21)43-24-6-4-3-5-7-24/h3-11,14,19,22-23,40H,12-13,16-18H2,1-2H3,(H2,33,34,35). The van der Waals surface area contributed by atoms with Crippen molar-refractivity contribution < 1.29 is 14.6 Å². The normalized spacial score (nSPS) is 18.0. The predicted molar refractivity (Wildman–Crippen MR) is 160 cm³/mol. The molecule has 3 N–H and O–H groups in total. The van der Waals surface area contributed by atoms with Gasteiger partial charge in [0.05, 0.1) is 17.8 Å². The minimum atomic E-state index is -0.570. The quantitative estimate of drug-likeness (QED) is 0.248. The number of nitrogen functional groups attached to an aromatic ring is 1. The summed E-state index contributed by atoms with van der Waals surface area (Å²) >= 11 is 0. The number of imidazole rings is 1. The lowest BCUT2D eigenvalue weighted by Gasteiger charge is -2.46. The van der Waals surface area contributed by atoms with Crippen LogP contribution in [0.2, 0.25) is 0 Å². The highest BCUT2D eigenvalue weighted by molar-refractivity contribution is 5.97. The summed E-state index contributed by atoms with van der Waals surface area (Å²) in [5.74, 6) is 1.07. The number of nitrogens with zero attached hydrogens (tertiary/aromatic N) is 7. The number of carbonyl (C=O) groups is 1. The van der Waals surface area contributed by atoms with Crippen LogP contribution in [0, 0.1) is 11.3 Å². The lowest BCUT2D eigenvalue weighted by molar-refractivity contribution is -0.125. The molecule has 1 atom stereocenters. The van der Waals surface area contributed by atoms with Crippen LogP contribution in [0.1, 0.15) is 26.3 Å². The van der Waals surface area contributed by atoms with Crippen molar-refractivity contribution in [3.63, 3.8) is 0 Å². The second kappa shape index (κ2) is 11.0. The maximum absolute atomic E-state index is 14.0. The average molecular weight is 581 g/mol. The Bertz CT molecular complexity index is 1800. The molecule has 6 rings (SSSR count). The molecular formula is C31H32N8O4. The summed E-state index contributed by atoms with van der Waals surface area (Å²) in [6, 6.07) is 18.1. The number of benzene rings is 2. The number of hydrogen-bond donors (Lipinski definition) is 2. The van der Waals surface area contributed by atoms with Crippen molar-refractivity contribution in [2.45, 2.75) is 38.0 Å². The summed E-state index contributed by atoms with van der Waals surface area (Å²) in [5.41, 5.74) is 6.70. The van der Waals surface area contributed by atoms with E-state index in [-0.39, 0.29) is 35.6 Å². The van der Waals surface area contributed by atoms with Crippen molar-refractivity contribution in [2.75, 3.05) is 31.9 Å². The van der Waals surface area contributed by atoms with Crippen LogP contribution >= 0.6 is 0 Å². The first-order chi connectivity index (χ1) is 20.7. The van der Waals surface area contributed by atoms with E-state index in [1.54, 1.807) is 39.8 Å². The molecule has 0 spiro atoms. The van der Waals surface area contributed by atoms with Crippen molar-refractivity contribution in [3.8, 4) is 23.3 Å². The first-order valence-electron chi connectivity index (χ1n) is 14.1. The number of likely N-dealkylation sites (tertiary alicyclic amines) is 2. The van der Waals surface area contributed by atoms with Gasteiger partial charge in [-0.05, 0) is 62.7 Å². The van der Waals surface area contributed by atoms with E-state index in [1.807, 2.05) is 49.1 Å². The number of nitriles is 1. The predicted octanol–water partition coefficient (Wildman–Crippen LogP) is 2.64. The van der Waals surface area contributed by atoms with Crippen LogP contribution in [0.4, 0.5) is 5.82 Å². The number of hydrogen-bond acceptors (Lipinski definition) is 9. The van der Waals surface area contributed by atoms with Crippen molar-refractivity contribution in [3.05, 3.63) is 83.1 Å². The molecule has 4 heterocycles. The summed E-state index contributed by atoms with van der Waals surface area (Å²) in [5, 5.41) is 19.5. The van der Waals surface area contributed by atoms with E-state index in [4.69, 9.17) is 10.5 Å². The number of carbonyl (C=O) groups excluding carboxylic acids is 1. The highest BCUT2D eigenvalue weighted by atomic mass is 16.5. The number of rotatable bonds is 7. The minimum absolute atomic E-state index is 0.0335. The van der Waals surface area contributed by atoms with Crippen LogP contribution in [0.5, 0.6) is 11.5 Å². The molecule has 12 nitrogen and oxygen atoms in total. The average Bonchev–Trinajstić information content (AvgIpc) is 3.58. The Morgan fingerprint density at radius 3 is 2.47 bits per heavy atom. The third-order valence-electron chi connectivity index (χ3n) is 8.10. The molecule has 0 radical (unpaired) electrons. The summed E-state index contributed by atoms with van der Waals surface area (Å²) < 4.78 is 8.94. The fourth-order valence-electron chi connectivity index (χ4n) is 5.74. The van der Waals surface area contributed by atoms with E-state index >= 15 is 0 Å². The van der Waals surface area contributed by atoms with Gasteiger partial charge in [-0.3, -0.25) is 18.8 Å². The first-order valence-corrected chi connectivity index (χ1v) is 14.1. The number of fused-ring (bicyclic) bond motifs is 1. The van der Waals surface area contributed by atoms with Crippen LogP contribution in [0.15, 0.2) is 77.4 Å². The van der Waals surface area contributed by atoms with Gasteiger partial charge in [0.2, 0.25) is 0 Å². The van der Waals surface area contributed by atoms with Gasteiger partial charge in [0.25, 0.3) is 5.91 Å². The van der Waals surface area contributed by atoms with Crippen LogP contribution in [0.3, 0.4) is 0 Å². The molecule has 0 aliphatic carbocycles. The largest absolute Gasteiger partial charge is 0.457 e. The smallest absolute Gasteiger partial charge is 0.335 e. The molecule has 1 unspecified atom stereocenters. The number of β-amino-alcohol motifs (C(OH)–C–C–N with tert-alkyl or cyclic N) is 1. The van der Waals surface area contributed by atoms with Crippen LogP contribution in [0.25, 0.3) is 16.9 Å². The van der Waals surface area contributed by atoms with Crippen LogP contribution < -0.4 is 16.2 Å². The first kappa shape index (κ1) is 28.1. The van der Waals surface area contributed by atoms with E-state index in [2.05, 4.69) is 16.0 Å². The number of amides is 1. The second-order valence-corrected chi connectivity index (χ2v) is 11.4. The fraction of sp³-hybridized carbons (Fsp3) is 0.323. The van der Waals surface area contributed by atoms with Gasteiger partial charge in [0.1, 0.15) is 35.0 Å². The van der Waals surface area contributed by atoms with Crippen LogP contribution in [-0.2, 0) is 4.79 Å². The van der Waals surface area contributed by atoms with E-state index in [0.717, 1.165) is 0 Å². The molecule has 0 saturated carbocycles. The summed E-state index contributed by atoms with van der Waals surface area (Å²) in [6.45, 7) is 5.40. The number of para-hydroxylation sites is 1. The van der Waals surface area contributed by atoms with Gasteiger partial charge in [0.15, 0.2) is 11.5 Å². The molecule has 2 aliphatic heterocycles. The van der Waals surface area contributed by atoms with Crippen molar-refractivity contribution in [1.82, 2.24) is 28.9 Å². The Balaban J connectivity index is 1.28. The Labute approximate surface area is 247 Å². The molecule has 4 aromatic rings. The molecule has 2 saturated heterocycles. The monoisotopic (exact) mass is 580 g/mol. The highest BCUT2D eigenvalue weighted by Crippen LogP contribution is 2.30. The highest BCUT2D eigenvalue weighted by Gasteiger charge is 2.37. The third-order valence-corrected chi connectivity index (χ3v) is 8.10. The lowest BCUT2D eigenvalue weighted by atomic mass is 9.94. The number of ether oxygens (including phenoxy) is 1. The number of aliphatic hydroxyl groups is 1. The Morgan fingerprint density at radius 1 is 1.09 bits per heavy atom. The number of aromatic nitrogens is 4. The second-order valence-electron chi connectivity index (χ2n) is 11.4. The van der Waals surface area contributed by atoms with Crippen molar-refractivity contribution in [2.24, 2.45) is 0 Å². The van der Waals surface area contributed by atoms with Gasteiger partial charge < -0.3 is 20.5 Å². The molecule has 2 aromatic heterocycles. The number of aliphatic hydroxyl groups excluding tert-OH is 1. The topological polar surface area (TPSA) is 156 Å². The molecule has 12 heteroatoms. The molecule has 0 bridgehead atoms. The molecule has 220 valence electrons. The van der Waals surface area contributed by atoms with Gasteiger partial charge in [-0.1, -0.05) is 18.2 Å². The summed E-state index contributed by atoms with van der Waals surface area (Å²) in [4.78, 5) is 39.6. The van der Waals surface area contributed by atoms with E-state index in [9.17, 15) is 20.0 Å². The van der Waals surface area contributed by atoms with E-state index < -0.39 is 11.6 Å². The molecular weight excluding hydrogens is 548 g/mol. The zero-order valence-electron chi connectivity index (χ0n) is 23.9. The molecule has 1 amide bonds. The maximum atomic E-state index is 14.0. The zero-order chi connectivity index (χ0) is 30.3. The SMILES string of the molecule is CC(C)(C=C(C#N)C(=O)N1CCC(n2c(=O)n(-c3ccc(Oc4ccccc4)cc3)c3c(N)ncnc32)C1)N1CC(O)C1. The zero-order valence-corrected chi connectivity index (χ0v) is 23.9. The number of anilines is 1. The minimum Gasteiger partial charge on any atom is -0.457 e. The maximum Gasteiger partial charge on any atom is 0.335 e. The Kier molecular flexibility index (Phi) is 7.21. The van der Waals surface area contributed by atoms with Crippen molar-refractivity contribution >= 4 is 22.9 Å². The molecule has 2 fully saturated rings. The fourth-order valence-corrected chi connectivity index (χ4v) is 5.74. The molecule has 2 aliphatic rings. The number of nitrogens with two attached hydrogens (primary N) is 1. The van der Waals surface area contributed by atoms with Gasteiger partial charge in [-0.25, -0.2) is 14.8 Å². The molecule has 43 heavy (non-hydrogen) atoms. The van der Waals surface area contributed by atoms with Crippen LogP contribution in [-0.4, -0.2) is 77.7 Å². The van der Waals surface area contributed by atoms with E-state index in [0.29, 0.717) is 54.4 Å². The van der Waals surface area contributed by atoms with Gasteiger partial charge in [-0.15, -0.1) is 0 Å². The van der Waals surface area contributed by atoms with Gasteiger partial charge >= 0.3 is 5.69 Å². The van der Waals surface area contributed by atoms with Gasteiger partial charge in [0, 0.05) is 31.7 Å². The van der Waals surface area contributed by atoms with Gasteiger partial charge in [-0.2, -0.15) is 5.26 Å². The Hall–Kier alpha value is -4.99.